The van der Waals surface area contributed by atoms with Crippen molar-refractivity contribution in [1.29, 1.82) is 0 Å². The van der Waals surface area contributed by atoms with E-state index in [2.05, 4.69) is 5.32 Å². The number of carbonyl (C=O) groups is 1. The highest BCUT2D eigenvalue weighted by Crippen LogP contribution is 2.35. The van der Waals surface area contributed by atoms with E-state index < -0.39 is 0 Å². The number of fused-ring (bicyclic) bond motifs is 1. The second-order valence-electron chi connectivity index (χ2n) is 5.67. The van der Waals surface area contributed by atoms with Gasteiger partial charge in [-0.2, -0.15) is 0 Å². The van der Waals surface area contributed by atoms with Gasteiger partial charge in [-0.1, -0.05) is 25.3 Å². The molecule has 3 rings (SSSR count). The van der Waals surface area contributed by atoms with E-state index in [1.807, 2.05) is 0 Å². The van der Waals surface area contributed by atoms with Gasteiger partial charge in [-0.25, -0.2) is 4.39 Å². The van der Waals surface area contributed by atoms with Gasteiger partial charge in [-0.15, -0.1) is 11.3 Å². The molecule has 1 fully saturated rings. The number of hydrogen-bond donors (Lipinski definition) is 2. The number of hydrogen-bond acceptors (Lipinski definition) is 3. The fourth-order valence-electron chi connectivity index (χ4n) is 3.01. The molecule has 0 aliphatic heterocycles. The Labute approximate surface area is 127 Å². The van der Waals surface area contributed by atoms with E-state index in [1.165, 1.54) is 49.5 Å². The Balaban J connectivity index is 1.75. The lowest BCUT2D eigenvalue weighted by molar-refractivity contribution is 0.0948. The first kappa shape index (κ1) is 14.3. The molecule has 1 saturated carbocycles. The lowest BCUT2D eigenvalue weighted by atomic mass is 9.89. The van der Waals surface area contributed by atoms with Gasteiger partial charge >= 0.3 is 0 Å². The zero-order chi connectivity index (χ0) is 14.8. The number of nitrogen functional groups attached to an aromatic ring is 1. The number of anilines is 1. The molecule has 112 valence electrons. The molecule has 1 aliphatic carbocycles. The molecule has 0 bridgehead atoms. The molecular formula is C16H19FN2OS. The fraction of sp³-hybridized carbons (Fsp3) is 0.438. The van der Waals surface area contributed by atoms with Gasteiger partial charge in [0.05, 0.1) is 11.1 Å². The lowest BCUT2D eigenvalue weighted by Crippen LogP contribution is -2.30. The molecule has 3 N–H and O–H groups in total. The van der Waals surface area contributed by atoms with Crippen LogP contribution in [0, 0.1) is 11.7 Å². The Bertz CT molecular complexity index is 662. The standard InChI is InChI=1S/C16H19FN2OS/c17-11-7-4-8-12-13(11)14(18)15(21-12)16(20)19-9-10-5-2-1-3-6-10/h4,7-8,10H,1-3,5-6,9,18H2,(H,19,20). The van der Waals surface area contributed by atoms with Crippen LogP contribution in [0.15, 0.2) is 18.2 Å². The van der Waals surface area contributed by atoms with Crippen molar-refractivity contribution in [2.75, 3.05) is 12.3 Å². The van der Waals surface area contributed by atoms with E-state index in [0.717, 1.165) is 4.70 Å². The normalized spacial score (nSPS) is 16.2. The zero-order valence-electron chi connectivity index (χ0n) is 11.8. The summed E-state index contributed by atoms with van der Waals surface area (Å²) in [5.74, 6) is 0.0151. The lowest BCUT2D eigenvalue weighted by Gasteiger charge is -2.21. The molecule has 2 aromatic rings. The first-order valence-electron chi connectivity index (χ1n) is 7.41. The van der Waals surface area contributed by atoms with E-state index in [-0.39, 0.29) is 17.4 Å². The van der Waals surface area contributed by atoms with E-state index in [0.29, 0.717) is 22.7 Å². The molecule has 1 heterocycles. The summed E-state index contributed by atoms with van der Waals surface area (Å²) in [5.41, 5.74) is 6.22. The fourth-order valence-corrected chi connectivity index (χ4v) is 4.06. The quantitative estimate of drug-likeness (QED) is 0.902. The maximum Gasteiger partial charge on any atom is 0.263 e. The molecule has 1 aromatic heterocycles. The average Bonchev–Trinajstić information content (AvgIpc) is 2.84. The Hall–Kier alpha value is -1.62. The number of rotatable bonds is 3. The highest BCUT2D eigenvalue weighted by Gasteiger charge is 2.20. The zero-order valence-corrected chi connectivity index (χ0v) is 12.6. The number of nitrogens with two attached hydrogens (primary N) is 1. The van der Waals surface area contributed by atoms with Gasteiger partial charge in [0.1, 0.15) is 10.7 Å². The molecule has 21 heavy (non-hydrogen) atoms. The third-order valence-corrected chi connectivity index (χ3v) is 5.35. The summed E-state index contributed by atoms with van der Waals surface area (Å²) >= 11 is 1.26. The van der Waals surface area contributed by atoms with Crippen molar-refractivity contribution < 1.29 is 9.18 Å². The van der Waals surface area contributed by atoms with Crippen molar-refractivity contribution in [3.05, 3.63) is 28.9 Å². The Morgan fingerprint density at radius 1 is 1.33 bits per heavy atom. The summed E-state index contributed by atoms with van der Waals surface area (Å²) in [6, 6.07) is 4.80. The number of benzene rings is 1. The van der Waals surface area contributed by atoms with Crippen LogP contribution in [0.25, 0.3) is 10.1 Å². The SMILES string of the molecule is Nc1c(C(=O)NCC2CCCCC2)sc2cccc(F)c12. The molecule has 1 aliphatic rings. The smallest absolute Gasteiger partial charge is 0.263 e. The van der Waals surface area contributed by atoms with E-state index in [9.17, 15) is 9.18 Å². The van der Waals surface area contributed by atoms with Gasteiger partial charge in [-0.3, -0.25) is 4.79 Å². The molecule has 0 spiro atoms. The molecule has 0 saturated heterocycles. The van der Waals surface area contributed by atoms with Crippen LogP contribution in [-0.2, 0) is 0 Å². The summed E-state index contributed by atoms with van der Waals surface area (Å²) in [6.45, 7) is 0.689. The average molecular weight is 306 g/mol. The molecule has 0 radical (unpaired) electrons. The van der Waals surface area contributed by atoms with Crippen LogP contribution in [0.2, 0.25) is 0 Å². The van der Waals surface area contributed by atoms with Crippen LogP contribution in [-0.4, -0.2) is 12.5 Å². The Kier molecular flexibility index (Phi) is 4.10. The van der Waals surface area contributed by atoms with E-state index in [4.69, 9.17) is 5.73 Å². The van der Waals surface area contributed by atoms with Gasteiger partial charge in [-0.05, 0) is 30.9 Å². The second kappa shape index (κ2) is 6.02. The molecule has 1 amide bonds. The van der Waals surface area contributed by atoms with Crippen LogP contribution < -0.4 is 11.1 Å². The first-order chi connectivity index (χ1) is 10.2. The van der Waals surface area contributed by atoms with Crippen LogP contribution in [0.1, 0.15) is 41.8 Å². The van der Waals surface area contributed by atoms with Crippen LogP contribution in [0.5, 0.6) is 0 Å². The van der Waals surface area contributed by atoms with E-state index in [1.54, 1.807) is 12.1 Å². The Morgan fingerprint density at radius 2 is 2.10 bits per heavy atom. The molecule has 1 aromatic carbocycles. The van der Waals surface area contributed by atoms with Gasteiger partial charge in [0.15, 0.2) is 0 Å². The maximum atomic E-state index is 13.8. The minimum absolute atomic E-state index is 0.182. The highest BCUT2D eigenvalue weighted by molar-refractivity contribution is 7.21. The number of amides is 1. The summed E-state index contributed by atoms with van der Waals surface area (Å²) in [6.07, 6.45) is 6.15. The summed E-state index contributed by atoms with van der Waals surface area (Å²) in [5, 5.41) is 3.32. The van der Waals surface area contributed by atoms with Crippen LogP contribution in [0.3, 0.4) is 0 Å². The van der Waals surface area contributed by atoms with Crippen LogP contribution in [0.4, 0.5) is 10.1 Å². The number of carbonyl (C=O) groups excluding carboxylic acids is 1. The van der Waals surface area contributed by atoms with Crippen molar-refractivity contribution in [3.8, 4) is 0 Å². The maximum absolute atomic E-state index is 13.8. The summed E-state index contributed by atoms with van der Waals surface area (Å²) < 4.78 is 14.5. The molecule has 0 unspecified atom stereocenters. The van der Waals surface area contributed by atoms with Gasteiger partial charge in [0, 0.05) is 11.2 Å². The topological polar surface area (TPSA) is 55.1 Å². The third-order valence-electron chi connectivity index (χ3n) is 4.18. The summed E-state index contributed by atoms with van der Waals surface area (Å²) in [7, 11) is 0. The largest absolute Gasteiger partial charge is 0.397 e. The number of halogens is 1. The predicted molar refractivity (Wildman–Crippen MR) is 85.1 cm³/mol. The van der Waals surface area contributed by atoms with Crippen molar-refractivity contribution in [3.63, 3.8) is 0 Å². The van der Waals surface area contributed by atoms with Crippen molar-refractivity contribution in [2.45, 2.75) is 32.1 Å². The predicted octanol–water partition coefficient (Wildman–Crippen LogP) is 3.93. The summed E-state index contributed by atoms with van der Waals surface area (Å²) in [4.78, 5) is 12.7. The minimum atomic E-state index is -0.368. The van der Waals surface area contributed by atoms with Crippen LogP contribution >= 0.6 is 11.3 Å². The molecular weight excluding hydrogens is 287 g/mol. The van der Waals surface area contributed by atoms with Crippen molar-refractivity contribution >= 4 is 33.0 Å². The van der Waals surface area contributed by atoms with Crippen molar-refractivity contribution in [1.82, 2.24) is 5.32 Å². The first-order valence-corrected chi connectivity index (χ1v) is 8.23. The highest BCUT2D eigenvalue weighted by atomic mass is 32.1. The number of thiophene rings is 1. The van der Waals surface area contributed by atoms with E-state index >= 15 is 0 Å². The second-order valence-corrected chi connectivity index (χ2v) is 6.72. The molecule has 3 nitrogen and oxygen atoms in total. The minimum Gasteiger partial charge on any atom is -0.397 e. The third kappa shape index (κ3) is 2.88. The molecule has 0 atom stereocenters. The van der Waals surface area contributed by atoms with Gasteiger partial charge < -0.3 is 11.1 Å². The van der Waals surface area contributed by atoms with Gasteiger partial charge in [0.2, 0.25) is 0 Å². The monoisotopic (exact) mass is 306 g/mol. The molecule has 5 heteroatoms. The van der Waals surface area contributed by atoms with Crippen molar-refractivity contribution in [2.24, 2.45) is 5.92 Å². The number of nitrogens with one attached hydrogen (secondary N) is 1. The van der Waals surface area contributed by atoms with Gasteiger partial charge in [0.25, 0.3) is 5.91 Å². The Morgan fingerprint density at radius 3 is 2.81 bits per heavy atom.